The number of nitrogens with one attached hydrogen (secondary N) is 2. The molecule has 1 aliphatic rings. The van der Waals surface area contributed by atoms with Crippen molar-refractivity contribution in [1.29, 1.82) is 5.26 Å². The van der Waals surface area contributed by atoms with Crippen LogP contribution < -0.4 is 15.5 Å². The first-order valence-corrected chi connectivity index (χ1v) is 9.14. The molecule has 1 aliphatic heterocycles. The van der Waals surface area contributed by atoms with Crippen LogP contribution in [-0.4, -0.2) is 25.5 Å². The van der Waals surface area contributed by atoms with Crippen molar-refractivity contribution < 1.29 is 4.79 Å². The van der Waals surface area contributed by atoms with Gasteiger partial charge in [-0.3, -0.25) is 4.79 Å². The van der Waals surface area contributed by atoms with E-state index < -0.39 is 0 Å². The Bertz CT molecular complexity index is 773. The van der Waals surface area contributed by atoms with E-state index in [1.807, 2.05) is 30.3 Å². The molecule has 2 aromatic rings. The molecule has 5 heteroatoms. The average Bonchev–Trinajstić information content (AvgIpc) is 2.69. The van der Waals surface area contributed by atoms with Crippen LogP contribution >= 0.6 is 0 Å². The zero-order chi connectivity index (χ0) is 18.2. The first-order valence-electron chi connectivity index (χ1n) is 9.14. The van der Waals surface area contributed by atoms with Crippen molar-refractivity contribution in [1.82, 2.24) is 0 Å². The molecule has 0 spiro atoms. The van der Waals surface area contributed by atoms with Crippen LogP contribution in [0.1, 0.15) is 31.2 Å². The molecule has 2 N–H and O–H groups in total. The lowest BCUT2D eigenvalue weighted by Gasteiger charge is -2.28. The summed E-state index contributed by atoms with van der Waals surface area (Å²) >= 11 is 0. The van der Waals surface area contributed by atoms with Crippen molar-refractivity contribution >= 4 is 23.0 Å². The van der Waals surface area contributed by atoms with Crippen LogP contribution in [0.4, 0.5) is 17.1 Å². The van der Waals surface area contributed by atoms with Crippen LogP contribution in [0, 0.1) is 11.3 Å². The second-order valence-corrected chi connectivity index (χ2v) is 6.48. The van der Waals surface area contributed by atoms with Crippen molar-refractivity contribution in [2.45, 2.75) is 25.7 Å². The third kappa shape index (κ3) is 4.76. The van der Waals surface area contributed by atoms with Crippen LogP contribution in [0.3, 0.4) is 0 Å². The van der Waals surface area contributed by atoms with Crippen LogP contribution in [0.15, 0.2) is 48.5 Å². The molecule has 3 rings (SSSR count). The number of carbonyl (C=O) groups is 1. The summed E-state index contributed by atoms with van der Waals surface area (Å²) in [5.74, 6) is -0.0438. The molecule has 134 valence electrons. The molecular weight excluding hydrogens is 324 g/mol. The van der Waals surface area contributed by atoms with E-state index in [1.165, 1.54) is 24.9 Å². The van der Waals surface area contributed by atoms with Gasteiger partial charge in [0.15, 0.2) is 0 Å². The van der Waals surface area contributed by atoms with Crippen LogP contribution in [0.25, 0.3) is 0 Å². The highest BCUT2D eigenvalue weighted by Gasteiger charge is 2.11. The van der Waals surface area contributed by atoms with E-state index in [-0.39, 0.29) is 5.91 Å². The normalized spacial score (nSPS) is 13.7. The highest BCUT2D eigenvalue weighted by molar-refractivity contribution is 5.91. The number of nitrogens with zero attached hydrogens (tertiary/aromatic N) is 2. The fraction of sp³-hybridized carbons (Fsp3) is 0.333. The molecule has 0 atom stereocenters. The lowest BCUT2D eigenvalue weighted by Crippen LogP contribution is -2.29. The Morgan fingerprint density at radius 1 is 1.04 bits per heavy atom. The summed E-state index contributed by atoms with van der Waals surface area (Å²) in [5, 5.41) is 15.1. The van der Waals surface area contributed by atoms with E-state index in [1.54, 1.807) is 6.07 Å². The molecule has 2 aromatic carbocycles. The Labute approximate surface area is 154 Å². The summed E-state index contributed by atoms with van der Waals surface area (Å²) in [6.45, 7) is 2.71. The number of rotatable bonds is 6. The quantitative estimate of drug-likeness (QED) is 0.828. The van der Waals surface area contributed by atoms with Crippen molar-refractivity contribution in [3.8, 4) is 6.07 Å². The Morgan fingerprint density at radius 2 is 1.77 bits per heavy atom. The van der Waals surface area contributed by atoms with Crippen molar-refractivity contribution in [3.05, 3.63) is 54.1 Å². The number of carbonyl (C=O) groups excluding carboxylic acids is 1. The van der Waals surface area contributed by atoms with Gasteiger partial charge in [-0.2, -0.15) is 5.26 Å². The van der Waals surface area contributed by atoms with Crippen LogP contribution in [0.5, 0.6) is 0 Å². The molecule has 5 nitrogen and oxygen atoms in total. The Morgan fingerprint density at radius 3 is 2.50 bits per heavy atom. The number of hydrogen-bond acceptors (Lipinski definition) is 4. The third-order valence-corrected chi connectivity index (χ3v) is 4.59. The molecule has 1 heterocycles. The predicted octanol–water partition coefficient (Wildman–Crippen LogP) is 3.99. The first-order chi connectivity index (χ1) is 12.8. The van der Waals surface area contributed by atoms with Gasteiger partial charge in [-0.05, 0) is 55.7 Å². The number of nitriles is 1. The molecule has 0 radical (unpaired) electrons. The van der Waals surface area contributed by atoms with E-state index in [4.69, 9.17) is 5.26 Å². The van der Waals surface area contributed by atoms with Crippen LogP contribution in [0.2, 0.25) is 0 Å². The molecular formula is C21H24N4O. The highest BCUT2D eigenvalue weighted by Crippen LogP contribution is 2.22. The van der Waals surface area contributed by atoms with Gasteiger partial charge >= 0.3 is 0 Å². The molecule has 0 bridgehead atoms. The summed E-state index contributed by atoms with van der Waals surface area (Å²) in [6, 6.07) is 17.5. The molecule has 1 fully saturated rings. The minimum atomic E-state index is -0.0438. The van der Waals surface area contributed by atoms with Gasteiger partial charge in [-0.25, -0.2) is 0 Å². The highest BCUT2D eigenvalue weighted by atomic mass is 16.1. The smallest absolute Gasteiger partial charge is 0.226 e. The van der Waals surface area contributed by atoms with Crippen LogP contribution in [-0.2, 0) is 4.79 Å². The number of amides is 1. The molecule has 1 saturated heterocycles. The lowest BCUT2D eigenvalue weighted by molar-refractivity contribution is -0.115. The maximum absolute atomic E-state index is 12.1. The van der Waals surface area contributed by atoms with E-state index in [0.717, 1.165) is 24.5 Å². The maximum Gasteiger partial charge on any atom is 0.226 e. The van der Waals surface area contributed by atoms with E-state index in [2.05, 4.69) is 33.7 Å². The van der Waals surface area contributed by atoms with Gasteiger partial charge in [0, 0.05) is 37.4 Å². The van der Waals surface area contributed by atoms with Gasteiger partial charge in [-0.1, -0.05) is 12.1 Å². The van der Waals surface area contributed by atoms with E-state index >= 15 is 0 Å². The topological polar surface area (TPSA) is 68.2 Å². The summed E-state index contributed by atoms with van der Waals surface area (Å²) in [5.41, 5.74) is 3.38. The van der Waals surface area contributed by atoms with Gasteiger partial charge in [0.25, 0.3) is 0 Å². The molecule has 26 heavy (non-hydrogen) atoms. The zero-order valence-electron chi connectivity index (χ0n) is 14.9. The van der Waals surface area contributed by atoms with Gasteiger partial charge < -0.3 is 15.5 Å². The first kappa shape index (κ1) is 17.8. The Balaban J connectivity index is 1.46. The largest absolute Gasteiger partial charge is 0.383 e. The maximum atomic E-state index is 12.1. The molecule has 0 saturated carbocycles. The Hall–Kier alpha value is -3.00. The van der Waals surface area contributed by atoms with E-state index in [0.29, 0.717) is 18.5 Å². The van der Waals surface area contributed by atoms with Crippen molar-refractivity contribution in [3.63, 3.8) is 0 Å². The minimum absolute atomic E-state index is 0.0438. The van der Waals surface area contributed by atoms with Crippen molar-refractivity contribution in [2.75, 3.05) is 35.2 Å². The summed E-state index contributed by atoms with van der Waals surface area (Å²) in [6.07, 6.45) is 4.16. The number of para-hydroxylation sites is 1. The van der Waals surface area contributed by atoms with E-state index in [9.17, 15) is 4.79 Å². The number of anilines is 3. The number of hydrogen-bond donors (Lipinski definition) is 2. The summed E-state index contributed by atoms with van der Waals surface area (Å²) < 4.78 is 0. The summed E-state index contributed by atoms with van der Waals surface area (Å²) in [7, 11) is 0. The predicted molar refractivity (Wildman–Crippen MR) is 105 cm³/mol. The summed E-state index contributed by atoms with van der Waals surface area (Å²) in [4.78, 5) is 14.5. The van der Waals surface area contributed by atoms with Gasteiger partial charge in [0.2, 0.25) is 5.91 Å². The monoisotopic (exact) mass is 348 g/mol. The third-order valence-electron chi connectivity index (χ3n) is 4.59. The molecule has 0 aliphatic carbocycles. The average molecular weight is 348 g/mol. The molecule has 0 aromatic heterocycles. The zero-order valence-corrected chi connectivity index (χ0v) is 14.9. The number of piperidine rings is 1. The minimum Gasteiger partial charge on any atom is -0.383 e. The Kier molecular flexibility index (Phi) is 6.10. The SMILES string of the molecule is N#Cc1ccccc1NCCC(=O)Nc1ccc(N2CCCCC2)cc1. The second kappa shape index (κ2) is 8.91. The number of benzene rings is 2. The molecule has 1 amide bonds. The van der Waals surface area contributed by atoms with Gasteiger partial charge in [0.1, 0.15) is 6.07 Å². The molecule has 0 unspecified atom stereocenters. The second-order valence-electron chi connectivity index (χ2n) is 6.48. The fourth-order valence-corrected chi connectivity index (χ4v) is 3.18. The van der Waals surface area contributed by atoms with Crippen molar-refractivity contribution in [2.24, 2.45) is 0 Å². The lowest BCUT2D eigenvalue weighted by atomic mass is 10.1. The fourth-order valence-electron chi connectivity index (χ4n) is 3.18. The van der Waals surface area contributed by atoms with Gasteiger partial charge in [0.05, 0.1) is 11.3 Å². The van der Waals surface area contributed by atoms with Gasteiger partial charge in [-0.15, -0.1) is 0 Å². The standard InChI is InChI=1S/C21H24N4O/c22-16-17-6-2-3-7-20(17)23-13-12-21(26)24-18-8-10-19(11-9-18)25-14-4-1-5-15-25/h2-3,6-11,23H,1,4-5,12-15H2,(H,24,26).